The van der Waals surface area contributed by atoms with Crippen molar-refractivity contribution >= 4 is 5.91 Å². The van der Waals surface area contributed by atoms with Gasteiger partial charge in [-0.15, -0.1) is 0 Å². The maximum absolute atomic E-state index is 12.4. The molecule has 1 amide bonds. The fourth-order valence-corrected chi connectivity index (χ4v) is 3.42. The van der Waals surface area contributed by atoms with Crippen LogP contribution >= 0.6 is 0 Å². The van der Waals surface area contributed by atoms with Crippen molar-refractivity contribution in [2.75, 3.05) is 26.3 Å². The molecule has 1 saturated heterocycles. The Kier molecular flexibility index (Phi) is 4.75. The topological polar surface area (TPSA) is 41.6 Å². The molecule has 1 atom stereocenters. The van der Waals surface area contributed by atoms with E-state index < -0.39 is 0 Å². The van der Waals surface area contributed by atoms with E-state index in [1.165, 1.54) is 25.7 Å². The van der Waals surface area contributed by atoms with Crippen LogP contribution in [-0.2, 0) is 9.53 Å². The summed E-state index contributed by atoms with van der Waals surface area (Å²) in [4.78, 5) is 14.7. The Morgan fingerprint density at radius 2 is 1.95 bits per heavy atom. The molecule has 1 heterocycles. The number of ether oxygens (including phenoxy) is 1. The van der Waals surface area contributed by atoms with E-state index >= 15 is 0 Å². The Morgan fingerprint density at radius 3 is 2.55 bits per heavy atom. The lowest BCUT2D eigenvalue weighted by Gasteiger charge is -2.35. The zero-order valence-corrected chi connectivity index (χ0v) is 13.5. The Bertz CT molecular complexity index is 343. The molecule has 20 heavy (non-hydrogen) atoms. The molecule has 0 aromatic carbocycles. The molecule has 4 nitrogen and oxygen atoms in total. The summed E-state index contributed by atoms with van der Waals surface area (Å²) in [6.45, 7) is 11.6. The Balaban J connectivity index is 2.00. The summed E-state index contributed by atoms with van der Waals surface area (Å²) < 4.78 is 5.82. The first-order chi connectivity index (χ1) is 9.31. The highest BCUT2D eigenvalue weighted by atomic mass is 16.5. The average Bonchev–Trinajstić information content (AvgIpc) is 2.67. The van der Waals surface area contributed by atoms with Gasteiger partial charge in [-0.05, 0) is 40.5 Å². The highest BCUT2D eigenvalue weighted by Gasteiger charge is 2.39. The van der Waals surface area contributed by atoms with Crippen LogP contribution in [0.1, 0.15) is 53.4 Å². The van der Waals surface area contributed by atoms with Crippen LogP contribution in [0.15, 0.2) is 0 Å². The van der Waals surface area contributed by atoms with Gasteiger partial charge in [0, 0.05) is 24.0 Å². The summed E-state index contributed by atoms with van der Waals surface area (Å²) in [5.74, 6) is 0.132. The number of carbonyl (C=O) groups is 1. The molecule has 0 aromatic heterocycles. The van der Waals surface area contributed by atoms with Crippen LogP contribution in [0.4, 0.5) is 0 Å². The fraction of sp³-hybridized carbons (Fsp3) is 0.938. The summed E-state index contributed by atoms with van der Waals surface area (Å²) in [5.41, 5.74) is 0.130. The normalized spacial score (nSPS) is 25.4. The Morgan fingerprint density at radius 1 is 1.30 bits per heavy atom. The van der Waals surface area contributed by atoms with Gasteiger partial charge in [-0.3, -0.25) is 9.69 Å². The number of nitrogens with one attached hydrogen (secondary N) is 1. The lowest BCUT2D eigenvalue weighted by molar-refractivity contribution is -0.127. The van der Waals surface area contributed by atoms with Crippen LogP contribution in [0.5, 0.6) is 0 Å². The molecule has 2 aliphatic rings. The summed E-state index contributed by atoms with van der Waals surface area (Å²) in [6, 6.07) is -0.0756. The second kappa shape index (κ2) is 6.02. The Labute approximate surface area is 123 Å². The Hall–Kier alpha value is -0.610. The predicted octanol–water partition coefficient (Wildman–Crippen LogP) is 2.18. The van der Waals surface area contributed by atoms with Crippen molar-refractivity contribution in [3.8, 4) is 0 Å². The van der Waals surface area contributed by atoms with Gasteiger partial charge < -0.3 is 10.1 Å². The van der Waals surface area contributed by atoms with E-state index in [0.717, 1.165) is 26.3 Å². The van der Waals surface area contributed by atoms with E-state index in [2.05, 4.69) is 10.2 Å². The summed E-state index contributed by atoms with van der Waals surface area (Å²) in [5, 5.41) is 3.09. The quantitative estimate of drug-likeness (QED) is 0.844. The van der Waals surface area contributed by atoms with Crippen LogP contribution < -0.4 is 5.32 Å². The van der Waals surface area contributed by atoms with Crippen LogP contribution in [0.3, 0.4) is 0 Å². The van der Waals surface area contributed by atoms with Crippen LogP contribution in [0, 0.1) is 5.41 Å². The largest absolute Gasteiger partial charge is 0.379 e. The van der Waals surface area contributed by atoms with Gasteiger partial charge in [0.25, 0.3) is 0 Å². The summed E-state index contributed by atoms with van der Waals surface area (Å²) in [7, 11) is 0. The third kappa shape index (κ3) is 3.95. The minimum absolute atomic E-state index is 0.0756. The molecular formula is C16H30N2O2. The second-order valence-corrected chi connectivity index (χ2v) is 7.65. The van der Waals surface area contributed by atoms with Crippen molar-refractivity contribution in [3.63, 3.8) is 0 Å². The zero-order valence-electron chi connectivity index (χ0n) is 13.5. The standard InChI is InChI=1S/C16H30N2O2/c1-13(14(19)17-15(2,3)4)18-9-10-20-12-16(11-18)7-5-6-8-16/h13H,5-12H2,1-4H3,(H,17,19). The molecule has 116 valence electrons. The van der Waals surface area contributed by atoms with Crippen molar-refractivity contribution < 1.29 is 9.53 Å². The number of hydrogen-bond donors (Lipinski definition) is 1. The number of hydrogen-bond acceptors (Lipinski definition) is 3. The minimum atomic E-state index is -0.168. The van der Waals surface area contributed by atoms with E-state index in [1.807, 2.05) is 27.7 Å². The predicted molar refractivity (Wildman–Crippen MR) is 80.7 cm³/mol. The number of carbonyl (C=O) groups excluding carboxylic acids is 1. The van der Waals surface area contributed by atoms with Crippen LogP contribution in [-0.4, -0.2) is 48.7 Å². The van der Waals surface area contributed by atoms with E-state index in [9.17, 15) is 4.79 Å². The van der Waals surface area contributed by atoms with Gasteiger partial charge in [0.15, 0.2) is 0 Å². The maximum Gasteiger partial charge on any atom is 0.237 e. The number of rotatable bonds is 2. The zero-order chi connectivity index (χ0) is 14.8. The summed E-state index contributed by atoms with van der Waals surface area (Å²) in [6.07, 6.45) is 5.10. The fourth-order valence-electron chi connectivity index (χ4n) is 3.42. The molecule has 2 fully saturated rings. The van der Waals surface area contributed by atoms with Crippen molar-refractivity contribution in [2.24, 2.45) is 5.41 Å². The maximum atomic E-state index is 12.4. The molecule has 0 aromatic rings. The van der Waals surface area contributed by atoms with Gasteiger partial charge >= 0.3 is 0 Å². The molecule has 4 heteroatoms. The van der Waals surface area contributed by atoms with Crippen molar-refractivity contribution in [3.05, 3.63) is 0 Å². The van der Waals surface area contributed by atoms with Gasteiger partial charge in [-0.1, -0.05) is 12.8 Å². The first-order valence-electron chi connectivity index (χ1n) is 7.95. The van der Waals surface area contributed by atoms with Crippen LogP contribution in [0.25, 0.3) is 0 Å². The summed E-state index contributed by atoms with van der Waals surface area (Å²) >= 11 is 0. The molecular weight excluding hydrogens is 252 g/mol. The molecule has 1 aliphatic heterocycles. The van der Waals surface area contributed by atoms with Gasteiger partial charge in [0.1, 0.15) is 0 Å². The minimum Gasteiger partial charge on any atom is -0.379 e. The first kappa shape index (κ1) is 15.8. The molecule has 0 radical (unpaired) electrons. The number of nitrogens with zero attached hydrogens (tertiary/aromatic N) is 1. The van der Waals surface area contributed by atoms with Gasteiger partial charge in [-0.2, -0.15) is 0 Å². The lowest BCUT2D eigenvalue weighted by Crippen LogP contribution is -2.53. The highest BCUT2D eigenvalue weighted by Crippen LogP contribution is 2.40. The second-order valence-electron chi connectivity index (χ2n) is 7.65. The average molecular weight is 282 g/mol. The van der Waals surface area contributed by atoms with E-state index in [4.69, 9.17) is 4.74 Å². The third-order valence-electron chi connectivity index (χ3n) is 4.56. The SMILES string of the molecule is CC(C(=O)NC(C)(C)C)N1CCOCC2(CCCC2)C1. The molecule has 1 aliphatic carbocycles. The van der Waals surface area contributed by atoms with E-state index in [1.54, 1.807) is 0 Å². The molecule has 1 saturated carbocycles. The van der Waals surface area contributed by atoms with Crippen LogP contribution in [0.2, 0.25) is 0 Å². The molecule has 1 N–H and O–H groups in total. The van der Waals surface area contributed by atoms with Gasteiger partial charge in [0.05, 0.1) is 19.3 Å². The lowest BCUT2D eigenvalue weighted by atomic mass is 9.86. The van der Waals surface area contributed by atoms with Crippen molar-refractivity contribution in [1.29, 1.82) is 0 Å². The van der Waals surface area contributed by atoms with Crippen molar-refractivity contribution in [2.45, 2.75) is 65.0 Å². The van der Waals surface area contributed by atoms with Gasteiger partial charge in [-0.25, -0.2) is 0 Å². The van der Waals surface area contributed by atoms with Gasteiger partial charge in [0.2, 0.25) is 5.91 Å². The van der Waals surface area contributed by atoms with Crippen molar-refractivity contribution in [1.82, 2.24) is 10.2 Å². The first-order valence-corrected chi connectivity index (χ1v) is 7.95. The molecule has 0 bridgehead atoms. The molecule has 1 spiro atoms. The molecule has 2 rings (SSSR count). The smallest absolute Gasteiger partial charge is 0.237 e. The third-order valence-corrected chi connectivity index (χ3v) is 4.56. The monoisotopic (exact) mass is 282 g/mol. The van der Waals surface area contributed by atoms with E-state index in [0.29, 0.717) is 5.41 Å². The van der Waals surface area contributed by atoms with E-state index in [-0.39, 0.29) is 17.5 Å². The number of amides is 1. The molecule has 1 unspecified atom stereocenters. The highest BCUT2D eigenvalue weighted by molar-refractivity contribution is 5.81.